The molecule has 0 atom stereocenters. The van der Waals surface area contributed by atoms with Crippen molar-refractivity contribution in [2.45, 2.75) is 49.5 Å². The lowest BCUT2D eigenvalue weighted by Gasteiger charge is -2.18. The van der Waals surface area contributed by atoms with Crippen LogP contribution in [-0.4, -0.2) is 26.2 Å². The van der Waals surface area contributed by atoms with Crippen molar-refractivity contribution in [2.24, 2.45) is 4.40 Å². The van der Waals surface area contributed by atoms with Crippen molar-refractivity contribution in [1.82, 2.24) is 5.32 Å². The normalized spacial score (nSPS) is 19.9. The van der Waals surface area contributed by atoms with Crippen LogP contribution >= 0.6 is 0 Å². The van der Waals surface area contributed by atoms with E-state index < -0.39 is 10.0 Å². The van der Waals surface area contributed by atoms with E-state index in [1.807, 2.05) is 0 Å². The second kappa shape index (κ2) is 6.08. The summed E-state index contributed by atoms with van der Waals surface area (Å²) in [5, 5.41) is 5.98. The molecule has 0 unspecified atom stereocenters. The third-order valence-electron chi connectivity index (χ3n) is 3.98. The molecule has 1 amide bonds. The van der Waals surface area contributed by atoms with Crippen LogP contribution in [0.5, 0.6) is 0 Å². The molecule has 0 spiro atoms. The number of anilines is 1. The van der Waals surface area contributed by atoms with E-state index >= 15 is 0 Å². The van der Waals surface area contributed by atoms with Gasteiger partial charge < -0.3 is 10.6 Å². The molecule has 1 saturated carbocycles. The summed E-state index contributed by atoms with van der Waals surface area (Å²) in [6.45, 7) is 0. The third kappa shape index (κ3) is 3.30. The predicted molar refractivity (Wildman–Crippen MR) is 84.3 cm³/mol. The van der Waals surface area contributed by atoms with Gasteiger partial charge in [0.25, 0.3) is 10.0 Å². The Hall–Kier alpha value is -1.89. The smallest absolute Gasteiger partial charge is 0.286 e. The molecule has 1 aliphatic carbocycles. The van der Waals surface area contributed by atoms with Crippen LogP contribution in [0.3, 0.4) is 0 Å². The van der Waals surface area contributed by atoms with E-state index in [1.165, 1.54) is 6.07 Å². The molecule has 0 aromatic heterocycles. The molecule has 1 aromatic carbocycles. The summed E-state index contributed by atoms with van der Waals surface area (Å²) in [7, 11) is -3.67. The summed E-state index contributed by atoms with van der Waals surface area (Å²) in [6, 6.07) is 6.91. The lowest BCUT2D eigenvalue weighted by atomic mass is 10.2. The van der Waals surface area contributed by atoms with Crippen molar-refractivity contribution < 1.29 is 13.2 Å². The number of carbonyl (C=O) groups excluding carboxylic acids is 1. The molecule has 1 heterocycles. The zero-order valence-electron chi connectivity index (χ0n) is 12.2. The number of nitrogens with zero attached hydrogens (tertiary/aromatic N) is 1. The fourth-order valence-electron chi connectivity index (χ4n) is 2.88. The minimum atomic E-state index is -3.67. The quantitative estimate of drug-likeness (QED) is 0.888. The SMILES string of the molecule is O=C(CCC1=NS(=O)(=O)c2ccccc2N1)NC1CCCC1. The van der Waals surface area contributed by atoms with Gasteiger partial charge in [0, 0.05) is 18.9 Å². The summed E-state index contributed by atoms with van der Waals surface area (Å²) >= 11 is 0. The highest BCUT2D eigenvalue weighted by atomic mass is 32.2. The third-order valence-corrected chi connectivity index (χ3v) is 5.36. The second-order valence-electron chi connectivity index (χ2n) is 5.68. The fraction of sp³-hybridized carbons (Fsp3) is 0.467. The Morgan fingerprint density at radius 1 is 1.27 bits per heavy atom. The number of rotatable bonds is 4. The number of hydrogen-bond acceptors (Lipinski definition) is 4. The standard InChI is InChI=1S/C15H19N3O3S/c19-15(16-11-5-1-2-6-11)10-9-14-17-12-7-3-4-8-13(12)22(20,21)18-14/h3-4,7-8,11H,1-2,5-6,9-10H2,(H,16,19)(H,17,18). The number of nitrogens with one attached hydrogen (secondary N) is 2. The molecule has 7 heteroatoms. The highest BCUT2D eigenvalue weighted by molar-refractivity contribution is 7.90. The molecule has 2 N–H and O–H groups in total. The Kier molecular flexibility index (Phi) is 4.15. The molecule has 22 heavy (non-hydrogen) atoms. The monoisotopic (exact) mass is 321 g/mol. The average molecular weight is 321 g/mol. The first-order valence-corrected chi connectivity index (χ1v) is 8.98. The molecule has 118 valence electrons. The van der Waals surface area contributed by atoms with Gasteiger partial charge in [0.05, 0.1) is 5.69 Å². The summed E-state index contributed by atoms with van der Waals surface area (Å²) in [5.74, 6) is 0.271. The van der Waals surface area contributed by atoms with Crippen LogP contribution < -0.4 is 10.6 Å². The van der Waals surface area contributed by atoms with E-state index in [4.69, 9.17) is 0 Å². The van der Waals surface area contributed by atoms with Crippen LogP contribution in [0.2, 0.25) is 0 Å². The number of amidine groups is 1. The second-order valence-corrected chi connectivity index (χ2v) is 7.26. The first kappa shape index (κ1) is 15.0. The highest BCUT2D eigenvalue weighted by Crippen LogP contribution is 2.27. The maximum absolute atomic E-state index is 12.1. The number of sulfonamides is 1. The maximum Gasteiger partial charge on any atom is 0.286 e. The van der Waals surface area contributed by atoms with Crippen LogP contribution in [0.4, 0.5) is 5.69 Å². The molecule has 1 fully saturated rings. The summed E-state index contributed by atoms with van der Waals surface area (Å²) in [5.41, 5.74) is 0.517. The van der Waals surface area contributed by atoms with Crippen LogP contribution in [0.1, 0.15) is 38.5 Å². The van der Waals surface area contributed by atoms with Crippen LogP contribution in [-0.2, 0) is 14.8 Å². The molecular weight excluding hydrogens is 302 g/mol. The lowest BCUT2D eigenvalue weighted by Crippen LogP contribution is -2.33. The molecule has 0 saturated heterocycles. The van der Waals surface area contributed by atoms with Crippen LogP contribution in [0.15, 0.2) is 33.6 Å². The minimum absolute atomic E-state index is 0.0485. The Labute approximate surface area is 130 Å². The molecular formula is C15H19N3O3S. The Morgan fingerprint density at radius 3 is 2.77 bits per heavy atom. The molecule has 6 nitrogen and oxygen atoms in total. The Bertz CT molecular complexity index is 706. The van der Waals surface area contributed by atoms with Crippen molar-refractivity contribution in [3.8, 4) is 0 Å². The van der Waals surface area contributed by atoms with Gasteiger partial charge in [-0.3, -0.25) is 4.79 Å². The van der Waals surface area contributed by atoms with Crippen molar-refractivity contribution in [2.75, 3.05) is 5.32 Å². The number of para-hydroxylation sites is 1. The zero-order chi connectivity index (χ0) is 15.6. The molecule has 3 rings (SSSR count). The molecule has 1 aromatic rings. The van der Waals surface area contributed by atoms with E-state index in [9.17, 15) is 13.2 Å². The molecule has 0 bridgehead atoms. The van der Waals surface area contributed by atoms with Crippen molar-refractivity contribution in [1.29, 1.82) is 0 Å². The van der Waals surface area contributed by atoms with Gasteiger partial charge in [0.2, 0.25) is 5.91 Å². The van der Waals surface area contributed by atoms with Gasteiger partial charge in [-0.25, -0.2) is 0 Å². The van der Waals surface area contributed by atoms with Crippen molar-refractivity contribution >= 4 is 27.5 Å². The number of hydrogen-bond donors (Lipinski definition) is 2. The lowest BCUT2D eigenvalue weighted by molar-refractivity contribution is -0.121. The number of carbonyl (C=O) groups is 1. The number of benzene rings is 1. The van der Waals surface area contributed by atoms with Gasteiger partial charge >= 0.3 is 0 Å². The van der Waals surface area contributed by atoms with E-state index in [-0.39, 0.29) is 29.7 Å². The number of fused-ring (bicyclic) bond motifs is 1. The van der Waals surface area contributed by atoms with Crippen molar-refractivity contribution in [3.05, 3.63) is 24.3 Å². The molecule has 0 radical (unpaired) electrons. The largest absolute Gasteiger partial charge is 0.353 e. The zero-order valence-corrected chi connectivity index (χ0v) is 13.0. The van der Waals surface area contributed by atoms with Gasteiger partial charge in [-0.15, -0.1) is 4.40 Å². The van der Waals surface area contributed by atoms with E-state index in [1.54, 1.807) is 18.2 Å². The Balaban J connectivity index is 1.62. The van der Waals surface area contributed by atoms with E-state index in [2.05, 4.69) is 15.0 Å². The summed E-state index contributed by atoms with van der Waals surface area (Å²) < 4.78 is 27.9. The van der Waals surface area contributed by atoms with E-state index in [0.29, 0.717) is 11.5 Å². The highest BCUT2D eigenvalue weighted by Gasteiger charge is 2.24. The van der Waals surface area contributed by atoms with E-state index in [0.717, 1.165) is 25.7 Å². The topological polar surface area (TPSA) is 87.6 Å². The first-order chi connectivity index (χ1) is 10.5. The predicted octanol–water partition coefficient (Wildman–Crippen LogP) is 2.04. The maximum atomic E-state index is 12.1. The minimum Gasteiger partial charge on any atom is -0.353 e. The molecule has 2 aliphatic rings. The number of amides is 1. The van der Waals surface area contributed by atoms with Gasteiger partial charge in [0.1, 0.15) is 10.7 Å². The van der Waals surface area contributed by atoms with Gasteiger partial charge in [-0.05, 0) is 25.0 Å². The Morgan fingerprint density at radius 2 is 2.00 bits per heavy atom. The molecule has 1 aliphatic heterocycles. The fourth-order valence-corrected chi connectivity index (χ4v) is 4.05. The van der Waals surface area contributed by atoms with Crippen LogP contribution in [0, 0.1) is 0 Å². The van der Waals surface area contributed by atoms with Crippen molar-refractivity contribution in [3.63, 3.8) is 0 Å². The van der Waals surface area contributed by atoms with Gasteiger partial charge in [-0.1, -0.05) is 25.0 Å². The van der Waals surface area contributed by atoms with Gasteiger partial charge in [-0.2, -0.15) is 8.42 Å². The first-order valence-electron chi connectivity index (χ1n) is 7.54. The van der Waals surface area contributed by atoms with Gasteiger partial charge in [0.15, 0.2) is 0 Å². The van der Waals surface area contributed by atoms with Crippen LogP contribution in [0.25, 0.3) is 0 Å². The summed E-state index contributed by atoms with van der Waals surface area (Å²) in [4.78, 5) is 12.1. The average Bonchev–Trinajstić information content (AvgIpc) is 2.97. The summed E-state index contributed by atoms with van der Waals surface area (Å²) in [6.07, 6.45) is 4.91.